The van der Waals surface area contributed by atoms with Crippen LogP contribution in [0.3, 0.4) is 0 Å². The van der Waals surface area contributed by atoms with Crippen LogP contribution in [0.15, 0.2) is 18.2 Å². The van der Waals surface area contributed by atoms with Crippen LogP contribution in [0.4, 0.5) is 18.9 Å². The molecule has 0 aliphatic carbocycles. The van der Waals surface area contributed by atoms with Crippen LogP contribution in [0, 0.1) is 11.3 Å². The molecule has 0 heterocycles. The highest BCUT2D eigenvalue weighted by Gasteiger charge is 2.32. The molecule has 0 bridgehead atoms. The Labute approximate surface area is 78.8 Å². The van der Waals surface area contributed by atoms with Crippen molar-refractivity contribution in [2.75, 3.05) is 5.73 Å². The summed E-state index contributed by atoms with van der Waals surface area (Å²) in [5.74, 6) is 0. The molecule has 0 aliphatic heterocycles. The molecule has 14 heavy (non-hydrogen) atoms. The minimum absolute atomic E-state index is 0.0579. The first-order valence-corrected chi connectivity index (χ1v) is 3.77. The van der Waals surface area contributed by atoms with Crippen molar-refractivity contribution < 1.29 is 13.2 Å². The van der Waals surface area contributed by atoms with Crippen molar-refractivity contribution in [3.63, 3.8) is 0 Å². The van der Waals surface area contributed by atoms with E-state index in [-0.39, 0.29) is 12.1 Å². The summed E-state index contributed by atoms with van der Waals surface area (Å²) in [7, 11) is 0. The van der Waals surface area contributed by atoms with E-state index in [0.717, 1.165) is 6.07 Å². The molecule has 0 unspecified atom stereocenters. The number of rotatable bonds is 1. The molecule has 5 heteroatoms. The summed E-state index contributed by atoms with van der Waals surface area (Å²) >= 11 is 0. The molecule has 74 valence electrons. The fourth-order valence-electron chi connectivity index (χ4n) is 1.07. The largest absolute Gasteiger partial charge is 0.418 e. The van der Waals surface area contributed by atoms with Crippen molar-refractivity contribution in [3.8, 4) is 6.07 Å². The van der Waals surface area contributed by atoms with E-state index in [1.54, 1.807) is 0 Å². The second-order valence-corrected chi connectivity index (χ2v) is 2.75. The number of alkyl halides is 3. The SMILES string of the molecule is N#CCc1ccc(C(F)(F)F)c(N)c1. The first-order chi connectivity index (χ1) is 6.45. The summed E-state index contributed by atoms with van der Waals surface area (Å²) in [6, 6.07) is 5.15. The van der Waals surface area contributed by atoms with Gasteiger partial charge in [0.15, 0.2) is 0 Å². The van der Waals surface area contributed by atoms with Gasteiger partial charge < -0.3 is 5.73 Å². The fraction of sp³-hybridized carbons (Fsp3) is 0.222. The molecule has 0 atom stereocenters. The molecule has 0 saturated heterocycles. The number of halogens is 3. The summed E-state index contributed by atoms with van der Waals surface area (Å²) in [5.41, 5.74) is 4.49. The van der Waals surface area contributed by atoms with E-state index in [0.29, 0.717) is 5.56 Å². The lowest BCUT2D eigenvalue weighted by molar-refractivity contribution is -0.136. The highest BCUT2D eigenvalue weighted by molar-refractivity contribution is 5.51. The Hall–Kier alpha value is -1.70. The summed E-state index contributed by atoms with van der Waals surface area (Å²) < 4.78 is 36.7. The van der Waals surface area contributed by atoms with Gasteiger partial charge in [-0.15, -0.1) is 0 Å². The van der Waals surface area contributed by atoms with Crippen molar-refractivity contribution in [1.82, 2.24) is 0 Å². The van der Waals surface area contributed by atoms with Gasteiger partial charge in [0.05, 0.1) is 18.1 Å². The van der Waals surface area contributed by atoms with Gasteiger partial charge >= 0.3 is 6.18 Å². The Balaban J connectivity index is 3.09. The molecule has 1 rings (SSSR count). The van der Waals surface area contributed by atoms with Gasteiger partial charge in [-0.05, 0) is 17.7 Å². The molecule has 0 amide bonds. The average molecular weight is 200 g/mol. The van der Waals surface area contributed by atoms with Crippen molar-refractivity contribution in [2.24, 2.45) is 0 Å². The Kier molecular flexibility index (Phi) is 2.65. The fourth-order valence-corrected chi connectivity index (χ4v) is 1.07. The minimum Gasteiger partial charge on any atom is -0.398 e. The predicted octanol–water partition coefficient (Wildman–Crippen LogP) is 2.35. The molecule has 0 fully saturated rings. The third-order valence-corrected chi connectivity index (χ3v) is 1.70. The number of nitrogens with zero attached hydrogens (tertiary/aromatic N) is 1. The Morgan fingerprint density at radius 1 is 1.36 bits per heavy atom. The van der Waals surface area contributed by atoms with Gasteiger partial charge in [-0.2, -0.15) is 18.4 Å². The normalized spacial score (nSPS) is 11.0. The van der Waals surface area contributed by atoms with Crippen molar-refractivity contribution >= 4 is 5.69 Å². The molecule has 0 saturated carbocycles. The second kappa shape index (κ2) is 3.58. The maximum absolute atomic E-state index is 12.2. The van der Waals surface area contributed by atoms with Gasteiger partial charge in [0.1, 0.15) is 0 Å². The lowest BCUT2D eigenvalue weighted by atomic mass is 10.1. The summed E-state index contributed by atoms with van der Waals surface area (Å²) in [4.78, 5) is 0. The number of benzene rings is 1. The predicted molar refractivity (Wildman–Crippen MR) is 45.2 cm³/mol. The molecule has 2 nitrogen and oxygen atoms in total. The van der Waals surface area contributed by atoms with E-state index in [9.17, 15) is 13.2 Å². The van der Waals surface area contributed by atoms with Gasteiger partial charge in [0.2, 0.25) is 0 Å². The quantitative estimate of drug-likeness (QED) is 0.707. The molecule has 2 N–H and O–H groups in total. The Bertz CT molecular complexity index is 377. The van der Waals surface area contributed by atoms with Crippen molar-refractivity contribution in [3.05, 3.63) is 29.3 Å². The zero-order valence-corrected chi connectivity index (χ0v) is 7.10. The topological polar surface area (TPSA) is 49.8 Å². The molecule has 0 radical (unpaired) electrons. The highest BCUT2D eigenvalue weighted by Crippen LogP contribution is 2.33. The zero-order valence-electron chi connectivity index (χ0n) is 7.10. The second-order valence-electron chi connectivity index (χ2n) is 2.75. The van der Waals surface area contributed by atoms with Crippen LogP contribution >= 0.6 is 0 Å². The van der Waals surface area contributed by atoms with E-state index in [1.807, 2.05) is 6.07 Å². The van der Waals surface area contributed by atoms with Crippen molar-refractivity contribution in [1.29, 1.82) is 5.26 Å². The number of nitrogens with two attached hydrogens (primary N) is 1. The molecule has 0 aliphatic rings. The maximum atomic E-state index is 12.2. The summed E-state index contributed by atoms with van der Waals surface area (Å²) in [6.45, 7) is 0. The number of nitrogen functional groups attached to an aromatic ring is 1. The number of hydrogen-bond acceptors (Lipinski definition) is 2. The third kappa shape index (κ3) is 2.16. The third-order valence-electron chi connectivity index (χ3n) is 1.70. The lowest BCUT2D eigenvalue weighted by Crippen LogP contribution is -2.09. The molecular weight excluding hydrogens is 193 g/mol. The lowest BCUT2D eigenvalue weighted by Gasteiger charge is -2.10. The average Bonchev–Trinajstić information content (AvgIpc) is 2.02. The minimum atomic E-state index is -4.44. The van der Waals surface area contributed by atoms with E-state index >= 15 is 0 Å². The van der Waals surface area contributed by atoms with Crippen LogP contribution in [-0.4, -0.2) is 0 Å². The first-order valence-electron chi connectivity index (χ1n) is 3.77. The van der Waals surface area contributed by atoms with Gasteiger partial charge in [0, 0.05) is 5.69 Å². The molecule has 1 aromatic carbocycles. The zero-order chi connectivity index (χ0) is 10.8. The first kappa shape index (κ1) is 10.4. The van der Waals surface area contributed by atoms with Crippen LogP contribution in [0.1, 0.15) is 11.1 Å². The Morgan fingerprint density at radius 3 is 2.43 bits per heavy atom. The van der Waals surface area contributed by atoms with Crippen LogP contribution in [0.2, 0.25) is 0 Å². The van der Waals surface area contributed by atoms with Gasteiger partial charge in [0.25, 0.3) is 0 Å². The Morgan fingerprint density at radius 2 is 2.00 bits per heavy atom. The van der Waals surface area contributed by atoms with E-state index in [4.69, 9.17) is 11.0 Å². The smallest absolute Gasteiger partial charge is 0.398 e. The number of nitriles is 1. The maximum Gasteiger partial charge on any atom is 0.418 e. The monoisotopic (exact) mass is 200 g/mol. The molecular formula is C9H7F3N2. The van der Waals surface area contributed by atoms with Gasteiger partial charge in [-0.1, -0.05) is 6.07 Å². The van der Waals surface area contributed by atoms with E-state index < -0.39 is 11.7 Å². The van der Waals surface area contributed by atoms with Gasteiger partial charge in [-0.3, -0.25) is 0 Å². The highest BCUT2D eigenvalue weighted by atomic mass is 19.4. The van der Waals surface area contributed by atoms with Crippen LogP contribution < -0.4 is 5.73 Å². The van der Waals surface area contributed by atoms with Crippen LogP contribution in [0.5, 0.6) is 0 Å². The van der Waals surface area contributed by atoms with E-state index in [2.05, 4.69) is 0 Å². The van der Waals surface area contributed by atoms with E-state index in [1.165, 1.54) is 12.1 Å². The van der Waals surface area contributed by atoms with Crippen molar-refractivity contribution in [2.45, 2.75) is 12.6 Å². The van der Waals surface area contributed by atoms with Crippen LogP contribution in [-0.2, 0) is 12.6 Å². The summed E-state index contributed by atoms with van der Waals surface area (Å²) in [6.07, 6.45) is -4.38. The molecule has 0 aromatic heterocycles. The molecule has 1 aromatic rings. The summed E-state index contributed by atoms with van der Waals surface area (Å²) in [5, 5.41) is 8.33. The molecule has 0 spiro atoms. The van der Waals surface area contributed by atoms with Crippen LogP contribution in [0.25, 0.3) is 0 Å². The number of hydrogen-bond donors (Lipinski definition) is 1. The number of anilines is 1. The standard InChI is InChI=1S/C9H7F3N2/c10-9(11,12)7-2-1-6(3-4-13)5-8(7)14/h1-2,5H,3,14H2. The van der Waals surface area contributed by atoms with Gasteiger partial charge in [-0.25, -0.2) is 0 Å².